The lowest BCUT2D eigenvalue weighted by molar-refractivity contribution is -0.387. The zero-order valence-electron chi connectivity index (χ0n) is 15.6. The molecule has 1 N–H and O–H groups in total. The van der Waals surface area contributed by atoms with Crippen molar-refractivity contribution >= 4 is 33.0 Å². The summed E-state index contributed by atoms with van der Waals surface area (Å²) in [6.07, 6.45) is 0.879. The smallest absolute Gasteiger partial charge is 0.289 e. The molecule has 0 saturated carbocycles. The SMILES string of the molecule is CC(C)CN1C(=O)CCc2cc(NS(=O)(=O)c3ccccc3[N+](=O)[O-])ccc21. The third-order valence-electron chi connectivity index (χ3n) is 4.43. The summed E-state index contributed by atoms with van der Waals surface area (Å²) in [6.45, 7) is 4.64. The molecule has 1 aliphatic heterocycles. The first-order chi connectivity index (χ1) is 13.2. The summed E-state index contributed by atoms with van der Waals surface area (Å²) in [7, 11) is -4.13. The van der Waals surface area contributed by atoms with Crippen LogP contribution in [0.15, 0.2) is 47.4 Å². The summed E-state index contributed by atoms with van der Waals surface area (Å²) >= 11 is 0. The Hall–Kier alpha value is -2.94. The molecule has 0 saturated heterocycles. The first kappa shape index (κ1) is 19.8. The van der Waals surface area contributed by atoms with E-state index in [-0.39, 0.29) is 5.91 Å². The monoisotopic (exact) mass is 403 g/mol. The number of anilines is 2. The van der Waals surface area contributed by atoms with Crippen molar-refractivity contribution in [3.05, 3.63) is 58.1 Å². The summed E-state index contributed by atoms with van der Waals surface area (Å²) in [5.41, 5.74) is 1.46. The van der Waals surface area contributed by atoms with Gasteiger partial charge in [0.2, 0.25) is 5.91 Å². The Labute approximate surface area is 163 Å². The molecule has 0 aliphatic carbocycles. The number of hydrogen-bond acceptors (Lipinski definition) is 5. The minimum atomic E-state index is -4.13. The summed E-state index contributed by atoms with van der Waals surface area (Å²) < 4.78 is 27.8. The van der Waals surface area contributed by atoms with Crippen LogP contribution in [0.4, 0.5) is 17.1 Å². The van der Waals surface area contributed by atoms with Gasteiger partial charge in [-0.1, -0.05) is 26.0 Å². The highest BCUT2D eigenvalue weighted by molar-refractivity contribution is 7.92. The summed E-state index contributed by atoms with van der Waals surface area (Å²) in [5, 5.41) is 11.1. The van der Waals surface area contributed by atoms with Crippen molar-refractivity contribution in [1.29, 1.82) is 0 Å². The number of sulfonamides is 1. The van der Waals surface area contributed by atoms with Crippen LogP contribution in [0.3, 0.4) is 0 Å². The standard InChI is InChI=1S/C19H21N3O5S/c1-13(2)12-21-16-9-8-15(11-14(16)7-10-19(21)23)20-28(26,27)18-6-4-3-5-17(18)22(24)25/h3-6,8-9,11,13,20H,7,10,12H2,1-2H3. The topological polar surface area (TPSA) is 110 Å². The lowest BCUT2D eigenvalue weighted by atomic mass is 9.99. The zero-order valence-corrected chi connectivity index (χ0v) is 16.4. The van der Waals surface area contributed by atoms with Gasteiger partial charge in [-0.3, -0.25) is 19.6 Å². The quantitative estimate of drug-likeness (QED) is 0.588. The van der Waals surface area contributed by atoms with Gasteiger partial charge in [-0.15, -0.1) is 0 Å². The second-order valence-corrected chi connectivity index (χ2v) is 8.72. The second kappa shape index (κ2) is 7.59. The largest absolute Gasteiger partial charge is 0.312 e. The molecule has 2 aromatic rings. The first-order valence-corrected chi connectivity index (χ1v) is 10.4. The van der Waals surface area contributed by atoms with Crippen LogP contribution in [-0.4, -0.2) is 25.8 Å². The van der Waals surface area contributed by atoms with E-state index < -0.39 is 25.5 Å². The summed E-state index contributed by atoms with van der Waals surface area (Å²) in [4.78, 5) is 24.0. The second-order valence-electron chi connectivity index (χ2n) is 7.07. The predicted molar refractivity (Wildman–Crippen MR) is 106 cm³/mol. The van der Waals surface area contributed by atoms with Crippen LogP contribution < -0.4 is 9.62 Å². The summed E-state index contributed by atoms with van der Waals surface area (Å²) in [6, 6.07) is 10.2. The molecule has 0 atom stereocenters. The maximum absolute atomic E-state index is 12.7. The molecule has 0 aromatic heterocycles. The van der Waals surface area contributed by atoms with Gasteiger partial charge in [0.1, 0.15) is 0 Å². The molecule has 0 radical (unpaired) electrons. The molecule has 0 fully saturated rings. The number of aryl methyl sites for hydroxylation is 1. The molecule has 0 bridgehead atoms. The number of benzene rings is 2. The minimum absolute atomic E-state index is 0.0504. The van der Waals surface area contributed by atoms with Crippen molar-refractivity contribution in [1.82, 2.24) is 0 Å². The normalized spacial score (nSPS) is 14.1. The number of nitro groups is 1. The molecule has 0 unspecified atom stereocenters. The number of nitro benzene ring substituents is 1. The Morgan fingerprint density at radius 3 is 2.57 bits per heavy atom. The molecular weight excluding hydrogens is 382 g/mol. The van der Waals surface area contributed by atoms with Crippen molar-refractivity contribution in [3.8, 4) is 0 Å². The van der Waals surface area contributed by atoms with Gasteiger partial charge >= 0.3 is 0 Å². The maximum Gasteiger partial charge on any atom is 0.289 e. The Morgan fingerprint density at radius 2 is 1.89 bits per heavy atom. The highest BCUT2D eigenvalue weighted by Crippen LogP contribution is 2.32. The van der Waals surface area contributed by atoms with Gasteiger partial charge in [0.05, 0.1) is 4.92 Å². The van der Waals surface area contributed by atoms with Crippen molar-refractivity contribution in [2.24, 2.45) is 5.92 Å². The molecule has 2 aromatic carbocycles. The highest BCUT2D eigenvalue weighted by atomic mass is 32.2. The van der Waals surface area contributed by atoms with E-state index in [1.165, 1.54) is 18.2 Å². The molecule has 148 valence electrons. The molecule has 28 heavy (non-hydrogen) atoms. The van der Waals surface area contributed by atoms with Gasteiger partial charge in [-0.05, 0) is 42.2 Å². The Morgan fingerprint density at radius 1 is 1.18 bits per heavy atom. The molecule has 1 amide bonds. The van der Waals surface area contributed by atoms with Crippen molar-refractivity contribution in [2.45, 2.75) is 31.6 Å². The van der Waals surface area contributed by atoms with Gasteiger partial charge in [0.15, 0.2) is 4.90 Å². The fraction of sp³-hybridized carbons (Fsp3) is 0.316. The Kier molecular flexibility index (Phi) is 5.37. The number of rotatable bonds is 6. The molecular formula is C19H21N3O5S. The molecule has 8 nitrogen and oxygen atoms in total. The van der Waals surface area contributed by atoms with E-state index in [9.17, 15) is 23.3 Å². The highest BCUT2D eigenvalue weighted by Gasteiger charge is 2.27. The van der Waals surface area contributed by atoms with E-state index in [1.54, 1.807) is 23.1 Å². The fourth-order valence-electron chi connectivity index (χ4n) is 3.23. The third-order valence-corrected chi connectivity index (χ3v) is 5.86. The van der Waals surface area contributed by atoms with E-state index in [4.69, 9.17) is 0 Å². The average molecular weight is 403 g/mol. The molecule has 9 heteroatoms. The Bertz CT molecular complexity index is 1030. The zero-order chi connectivity index (χ0) is 20.5. The van der Waals surface area contributed by atoms with Crippen LogP contribution in [0.25, 0.3) is 0 Å². The van der Waals surface area contributed by atoms with Gasteiger partial charge in [0.25, 0.3) is 15.7 Å². The first-order valence-electron chi connectivity index (χ1n) is 8.88. The van der Waals surface area contributed by atoms with E-state index in [2.05, 4.69) is 4.72 Å². The summed E-state index contributed by atoms with van der Waals surface area (Å²) in [5.74, 6) is 0.348. The molecule has 1 heterocycles. The van der Waals surface area contributed by atoms with Crippen LogP contribution in [-0.2, 0) is 21.2 Å². The Balaban J connectivity index is 1.93. The molecule has 3 rings (SSSR count). The van der Waals surface area contributed by atoms with Gasteiger partial charge < -0.3 is 4.90 Å². The fourth-order valence-corrected chi connectivity index (χ4v) is 4.46. The number of para-hydroxylation sites is 1. The predicted octanol–water partition coefficient (Wildman–Crippen LogP) is 3.33. The lowest BCUT2D eigenvalue weighted by Crippen LogP contribution is -2.37. The minimum Gasteiger partial charge on any atom is -0.312 e. The molecule has 0 spiro atoms. The lowest BCUT2D eigenvalue weighted by Gasteiger charge is -2.31. The number of amides is 1. The van der Waals surface area contributed by atoms with Crippen LogP contribution in [0, 0.1) is 16.0 Å². The van der Waals surface area contributed by atoms with Crippen molar-refractivity contribution in [2.75, 3.05) is 16.2 Å². The molecule has 1 aliphatic rings. The van der Waals surface area contributed by atoms with Crippen LogP contribution in [0.5, 0.6) is 0 Å². The number of carbonyl (C=O) groups excluding carboxylic acids is 1. The van der Waals surface area contributed by atoms with Gasteiger partial charge in [-0.2, -0.15) is 0 Å². The van der Waals surface area contributed by atoms with E-state index in [0.717, 1.165) is 17.3 Å². The van der Waals surface area contributed by atoms with E-state index >= 15 is 0 Å². The number of fused-ring (bicyclic) bond motifs is 1. The van der Waals surface area contributed by atoms with Crippen molar-refractivity contribution in [3.63, 3.8) is 0 Å². The van der Waals surface area contributed by atoms with Gasteiger partial charge in [-0.25, -0.2) is 8.42 Å². The third kappa shape index (κ3) is 3.99. The van der Waals surface area contributed by atoms with Crippen LogP contribution in [0.1, 0.15) is 25.8 Å². The van der Waals surface area contributed by atoms with E-state index in [1.807, 2.05) is 13.8 Å². The average Bonchev–Trinajstić information content (AvgIpc) is 2.63. The van der Waals surface area contributed by atoms with E-state index in [0.29, 0.717) is 31.0 Å². The maximum atomic E-state index is 12.7. The number of hydrogen-bond donors (Lipinski definition) is 1. The van der Waals surface area contributed by atoms with Crippen LogP contribution in [0.2, 0.25) is 0 Å². The van der Waals surface area contributed by atoms with Crippen molar-refractivity contribution < 1.29 is 18.1 Å². The number of carbonyl (C=O) groups is 1. The van der Waals surface area contributed by atoms with Crippen LogP contribution >= 0.6 is 0 Å². The van der Waals surface area contributed by atoms with Gasteiger partial charge in [0, 0.05) is 30.4 Å². The number of nitrogens with one attached hydrogen (secondary N) is 1. The number of nitrogens with zero attached hydrogens (tertiary/aromatic N) is 2.